The van der Waals surface area contributed by atoms with E-state index in [0.717, 1.165) is 12.1 Å². The van der Waals surface area contributed by atoms with Gasteiger partial charge < -0.3 is 9.64 Å². The van der Waals surface area contributed by atoms with Crippen molar-refractivity contribution in [2.75, 3.05) is 16.8 Å². The van der Waals surface area contributed by atoms with Crippen LogP contribution in [0.3, 0.4) is 0 Å². The lowest BCUT2D eigenvalue weighted by Crippen LogP contribution is -2.28. The van der Waals surface area contributed by atoms with Crippen LogP contribution in [0.15, 0.2) is 24.3 Å². The molecule has 1 aromatic carbocycles. The molecule has 1 aromatic rings. The number of amides is 2. The van der Waals surface area contributed by atoms with Crippen LogP contribution in [0.2, 0.25) is 0 Å². The molecule has 0 aliphatic carbocycles. The molecule has 114 valence electrons. The molecule has 1 aliphatic heterocycles. The fraction of sp³-hybridized carbons (Fsp3) is 0.467. The van der Waals surface area contributed by atoms with E-state index in [1.165, 1.54) is 0 Å². The van der Waals surface area contributed by atoms with Crippen molar-refractivity contribution < 1.29 is 14.3 Å². The lowest BCUT2D eigenvalue weighted by atomic mass is 10.2. The van der Waals surface area contributed by atoms with Gasteiger partial charge in [0.05, 0.1) is 4.83 Å². The van der Waals surface area contributed by atoms with E-state index >= 15 is 0 Å². The Balaban J connectivity index is 2.00. The summed E-state index contributed by atoms with van der Waals surface area (Å²) in [5.41, 5.74) is 0.934. The van der Waals surface area contributed by atoms with Crippen molar-refractivity contribution in [1.29, 1.82) is 0 Å². The van der Waals surface area contributed by atoms with E-state index in [2.05, 4.69) is 21.2 Å². The smallest absolute Gasteiger partial charge is 0.412 e. The Kier molecular flexibility index (Phi) is 4.56. The third-order valence-corrected chi connectivity index (χ3v) is 3.81. The average Bonchev–Trinajstić information content (AvgIpc) is 2.69. The number of carbonyl (C=O) groups excluding carboxylic acids is 2. The largest absolute Gasteiger partial charge is 0.444 e. The first kappa shape index (κ1) is 15.8. The van der Waals surface area contributed by atoms with Gasteiger partial charge in [-0.25, -0.2) is 4.79 Å². The lowest BCUT2D eigenvalue weighted by molar-refractivity contribution is -0.116. The van der Waals surface area contributed by atoms with Gasteiger partial charge in [0.2, 0.25) is 5.91 Å². The maximum Gasteiger partial charge on any atom is 0.412 e. The van der Waals surface area contributed by atoms with E-state index in [1.54, 1.807) is 17.0 Å². The molecule has 1 N–H and O–H groups in total. The fourth-order valence-electron chi connectivity index (χ4n) is 2.05. The molecule has 2 amide bonds. The number of rotatable bonds is 2. The molecular weight excluding hydrogens is 336 g/mol. The summed E-state index contributed by atoms with van der Waals surface area (Å²) in [7, 11) is 0. The topological polar surface area (TPSA) is 58.6 Å². The molecule has 0 bridgehead atoms. The summed E-state index contributed by atoms with van der Waals surface area (Å²) >= 11 is 3.35. The van der Waals surface area contributed by atoms with Crippen LogP contribution in [-0.2, 0) is 9.53 Å². The summed E-state index contributed by atoms with van der Waals surface area (Å²) < 4.78 is 5.18. The predicted molar refractivity (Wildman–Crippen MR) is 86.0 cm³/mol. The average molecular weight is 355 g/mol. The third kappa shape index (κ3) is 4.20. The van der Waals surface area contributed by atoms with Crippen LogP contribution in [0.4, 0.5) is 16.2 Å². The quantitative estimate of drug-likeness (QED) is 0.826. The molecule has 2 rings (SSSR count). The maximum absolute atomic E-state index is 11.9. The van der Waals surface area contributed by atoms with Gasteiger partial charge in [-0.2, -0.15) is 0 Å². The standard InChI is InChI=1S/C15H19BrN2O3/c1-15(2,3)21-14(20)17-10-4-6-11(7-5-10)18-9-8-12(16)13(18)19/h4-7,12H,8-9H2,1-3H3,(H,17,20). The Morgan fingerprint density at radius 3 is 2.43 bits per heavy atom. The third-order valence-electron chi connectivity index (χ3n) is 2.96. The van der Waals surface area contributed by atoms with E-state index < -0.39 is 11.7 Å². The second-order valence-corrected chi connectivity index (χ2v) is 7.03. The van der Waals surface area contributed by atoms with E-state index in [9.17, 15) is 9.59 Å². The number of nitrogens with zero attached hydrogens (tertiary/aromatic N) is 1. The summed E-state index contributed by atoms with van der Waals surface area (Å²) in [5.74, 6) is 0.0721. The highest BCUT2D eigenvalue weighted by Crippen LogP contribution is 2.26. The highest BCUT2D eigenvalue weighted by atomic mass is 79.9. The van der Waals surface area contributed by atoms with Crippen LogP contribution in [0.25, 0.3) is 0 Å². The Hall–Kier alpha value is -1.56. The first-order valence-corrected chi connectivity index (χ1v) is 7.73. The van der Waals surface area contributed by atoms with Crippen molar-refractivity contribution in [2.45, 2.75) is 37.6 Å². The Bertz CT molecular complexity index is 537. The second kappa shape index (κ2) is 6.05. The van der Waals surface area contributed by atoms with Crippen LogP contribution in [0.5, 0.6) is 0 Å². The summed E-state index contributed by atoms with van der Waals surface area (Å²) in [6, 6.07) is 7.15. The number of carbonyl (C=O) groups is 2. The molecule has 6 heteroatoms. The first-order valence-electron chi connectivity index (χ1n) is 6.82. The second-order valence-electron chi connectivity index (χ2n) is 5.92. The van der Waals surface area contributed by atoms with Crippen molar-refractivity contribution >= 4 is 39.3 Å². The van der Waals surface area contributed by atoms with Crippen LogP contribution < -0.4 is 10.2 Å². The number of alkyl halides is 1. The molecule has 1 aliphatic rings. The number of anilines is 2. The van der Waals surface area contributed by atoms with Gasteiger partial charge in [0.25, 0.3) is 0 Å². The van der Waals surface area contributed by atoms with Gasteiger partial charge in [0.1, 0.15) is 5.60 Å². The minimum Gasteiger partial charge on any atom is -0.444 e. The Morgan fingerprint density at radius 2 is 1.95 bits per heavy atom. The number of benzene rings is 1. The van der Waals surface area contributed by atoms with E-state index in [4.69, 9.17) is 4.74 Å². The van der Waals surface area contributed by atoms with Gasteiger partial charge in [-0.1, -0.05) is 15.9 Å². The number of hydrogen-bond donors (Lipinski definition) is 1. The van der Waals surface area contributed by atoms with Crippen LogP contribution in [0, 0.1) is 0 Å². The summed E-state index contributed by atoms with van der Waals surface area (Å²) in [6.45, 7) is 6.13. The van der Waals surface area contributed by atoms with Crippen LogP contribution in [0.1, 0.15) is 27.2 Å². The zero-order chi connectivity index (χ0) is 15.6. The van der Waals surface area contributed by atoms with Gasteiger partial charge in [-0.15, -0.1) is 0 Å². The molecule has 21 heavy (non-hydrogen) atoms. The lowest BCUT2D eigenvalue weighted by Gasteiger charge is -2.20. The SMILES string of the molecule is CC(C)(C)OC(=O)Nc1ccc(N2CCC(Br)C2=O)cc1. The number of halogens is 1. The zero-order valence-electron chi connectivity index (χ0n) is 12.4. The molecule has 0 aromatic heterocycles. The Labute approximate surface area is 132 Å². The zero-order valence-corrected chi connectivity index (χ0v) is 13.9. The minimum atomic E-state index is -0.531. The molecular formula is C15H19BrN2O3. The molecule has 0 radical (unpaired) electrons. The summed E-state index contributed by atoms with van der Waals surface area (Å²) in [5, 5.41) is 2.66. The predicted octanol–water partition coefficient (Wildman–Crippen LogP) is 3.53. The highest BCUT2D eigenvalue weighted by Gasteiger charge is 2.30. The van der Waals surface area contributed by atoms with E-state index in [1.807, 2.05) is 32.9 Å². The summed E-state index contributed by atoms with van der Waals surface area (Å²) in [6.07, 6.45) is 0.310. The van der Waals surface area contributed by atoms with Crippen LogP contribution >= 0.6 is 15.9 Å². The highest BCUT2D eigenvalue weighted by molar-refractivity contribution is 9.10. The van der Waals surface area contributed by atoms with Gasteiger partial charge >= 0.3 is 6.09 Å². The van der Waals surface area contributed by atoms with Gasteiger partial charge in [0.15, 0.2) is 0 Å². The molecule has 0 saturated carbocycles. The molecule has 5 nitrogen and oxygen atoms in total. The molecule has 1 fully saturated rings. The monoisotopic (exact) mass is 354 g/mol. The van der Waals surface area contributed by atoms with Crippen molar-refractivity contribution in [2.24, 2.45) is 0 Å². The van der Waals surface area contributed by atoms with Crippen molar-refractivity contribution in [3.05, 3.63) is 24.3 Å². The van der Waals surface area contributed by atoms with Crippen molar-refractivity contribution in [1.82, 2.24) is 0 Å². The molecule has 1 atom stereocenters. The molecule has 1 unspecified atom stereocenters. The van der Waals surface area contributed by atoms with Gasteiger partial charge in [-0.05, 0) is 51.5 Å². The van der Waals surface area contributed by atoms with Gasteiger partial charge in [-0.3, -0.25) is 10.1 Å². The normalized spacial score (nSPS) is 18.8. The maximum atomic E-state index is 11.9. The molecule has 0 spiro atoms. The molecule has 1 heterocycles. The Morgan fingerprint density at radius 1 is 1.33 bits per heavy atom. The number of ether oxygens (including phenoxy) is 1. The summed E-state index contributed by atoms with van der Waals surface area (Å²) in [4.78, 5) is 25.2. The van der Waals surface area contributed by atoms with Gasteiger partial charge in [0, 0.05) is 17.9 Å². The van der Waals surface area contributed by atoms with Crippen molar-refractivity contribution in [3.8, 4) is 0 Å². The number of hydrogen-bond acceptors (Lipinski definition) is 3. The minimum absolute atomic E-state index is 0.0721. The number of nitrogens with one attached hydrogen (secondary N) is 1. The van der Waals surface area contributed by atoms with E-state index in [-0.39, 0.29) is 10.7 Å². The van der Waals surface area contributed by atoms with Crippen LogP contribution in [-0.4, -0.2) is 29.0 Å². The first-order chi connectivity index (χ1) is 9.76. The molecule has 1 saturated heterocycles. The van der Waals surface area contributed by atoms with Crippen molar-refractivity contribution in [3.63, 3.8) is 0 Å². The van der Waals surface area contributed by atoms with E-state index in [0.29, 0.717) is 12.2 Å². The fourth-order valence-corrected chi connectivity index (χ4v) is 2.50.